The van der Waals surface area contributed by atoms with E-state index in [1.165, 1.54) is 0 Å². The van der Waals surface area contributed by atoms with Gasteiger partial charge in [-0.2, -0.15) is 5.10 Å². The number of morpholine rings is 1. The quantitative estimate of drug-likeness (QED) is 0.866. The first-order chi connectivity index (χ1) is 10.7. The fourth-order valence-corrected chi connectivity index (χ4v) is 2.49. The average molecular weight is 301 g/mol. The molecule has 0 saturated carbocycles. The molecule has 1 aliphatic heterocycles. The van der Waals surface area contributed by atoms with Crippen molar-refractivity contribution in [3.05, 3.63) is 42.2 Å². The van der Waals surface area contributed by atoms with E-state index in [-0.39, 0.29) is 11.9 Å². The number of aromatic nitrogens is 2. The van der Waals surface area contributed by atoms with E-state index in [0.717, 1.165) is 11.4 Å². The second kappa shape index (κ2) is 6.19. The lowest BCUT2D eigenvalue weighted by Crippen LogP contribution is -2.47. The Labute approximate surface area is 129 Å². The maximum absolute atomic E-state index is 12.5. The van der Waals surface area contributed by atoms with Gasteiger partial charge in [0, 0.05) is 12.7 Å². The van der Waals surface area contributed by atoms with Gasteiger partial charge in [-0.3, -0.25) is 4.79 Å². The van der Waals surface area contributed by atoms with Gasteiger partial charge in [-0.1, -0.05) is 0 Å². The molecule has 22 heavy (non-hydrogen) atoms. The fourth-order valence-electron chi connectivity index (χ4n) is 2.49. The summed E-state index contributed by atoms with van der Waals surface area (Å²) in [5.74, 6) is 0.734. The maximum Gasteiger partial charge on any atom is 0.274 e. The van der Waals surface area contributed by atoms with E-state index in [1.54, 1.807) is 24.1 Å². The Balaban J connectivity index is 1.79. The number of methoxy groups -OCH3 is 1. The predicted molar refractivity (Wildman–Crippen MR) is 81.4 cm³/mol. The minimum atomic E-state index is -0.0527. The molecule has 1 aromatic carbocycles. The summed E-state index contributed by atoms with van der Waals surface area (Å²) in [4.78, 5) is 14.3. The van der Waals surface area contributed by atoms with Gasteiger partial charge in [0.05, 0.1) is 32.1 Å². The molecule has 2 aromatic rings. The molecule has 116 valence electrons. The van der Waals surface area contributed by atoms with E-state index in [9.17, 15) is 4.79 Å². The second-order valence-corrected chi connectivity index (χ2v) is 5.27. The lowest BCUT2D eigenvalue weighted by Gasteiger charge is -2.32. The van der Waals surface area contributed by atoms with Crippen LogP contribution in [0.15, 0.2) is 36.5 Å². The Morgan fingerprint density at radius 2 is 2.09 bits per heavy atom. The highest BCUT2D eigenvalue weighted by molar-refractivity contribution is 5.92. The SMILES string of the molecule is COc1ccc(-n2ccc(C(=O)N3CCOC[C@@H]3C)n2)cc1. The topological polar surface area (TPSA) is 56.6 Å². The van der Waals surface area contributed by atoms with Crippen LogP contribution in [0.1, 0.15) is 17.4 Å². The maximum atomic E-state index is 12.5. The molecule has 0 aliphatic carbocycles. The van der Waals surface area contributed by atoms with E-state index in [0.29, 0.717) is 25.5 Å². The van der Waals surface area contributed by atoms with Crippen LogP contribution in [0.3, 0.4) is 0 Å². The summed E-state index contributed by atoms with van der Waals surface area (Å²) in [6, 6.07) is 9.35. The van der Waals surface area contributed by atoms with Crippen LogP contribution in [0, 0.1) is 0 Å². The van der Waals surface area contributed by atoms with Crippen LogP contribution in [-0.2, 0) is 4.74 Å². The molecule has 1 atom stereocenters. The summed E-state index contributed by atoms with van der Waals surface area (Å²) < 4.78 is 12.2. The summed E-state index contributed by atoms with van der Waals surface area (Å²) in [5.41, 5.74) is 1.33. The number of rotatable bonds is 3. The molecule has 1 fully saturated rings. The molecule has 6 heteroatoms. The van der Waals surface area contributed by atoms with Gasteiger partial charge in [0.25, 0.3) is 5.91 Å². The van der Waals surface area contributed by atoms with Crippen molar-refractivity contribution in [2.45, 2.75) is 13.0 Å². The molecule has 3 rings (SSSR count). The van der Waals surface area contributed by atoms with Crippen molar-refractivity contribution in [3.63, 3.8) is 0 Å². The van der Waals surface area contributed by atoms with E-state index in [2.05, 4.69) is 5.10 Å². The van der Waals surface area contributed by atoms with E-state index in [4.69, 9.17) is 9.47 Å². The molecule has 1 aliphatic rings. The second-order valence-electron chi connectivity index (χ2n) is 5.27. The summed E-state index contributed by atoms with van der Waals surface area (Å²) in [6.45, 7) is 3.74. The average Bonchev–Trinajstić information content (AvgIpc) is 3.05. The van der Waals surface area contributed by atoms with Crippen LogP contribution in [0.5, 0.6) is 5.75 Å². The van der Waals surface area contributed by atoms with Gasteiger partial charge in [0.15, 0.2) is 5.69 Å². The smallest absolute Gasteiger partial charge is 0.274 e. The van der Waals surface area contributed by atoms with Crippen LogP contribution in [0.2, 0.25) is 0 Å². The summed E-state index contributed by atoms with van der Waals surface area (Å²) >= 11 is 0. The van der Waals surface area contributed by atoms with Gasteiger partial charge in [0.2, 0.25) is 0 Å². The number of hydrogen-bond acceptors (Lipinski definition) is 4. The van der Waals surface area contributed by atoms with Crippen LogP contribution in [-0.4, -0.2) is 53.5 Å². The molecule has 6 nitrogen and oxygen atoms in total. The fraction of sp³-hybridized carbons (Fsp3) is 0.375. The summed E-state index contributed by atoms with van der Waals surface area (Å²) in [7, 11) is 1.63. The Hall–Kier alpha value is -2.34. The normalized spacial score (nSPS) is 18.3. The number of amides is 1. The van der Waals surface area contributed by atoms with Crippen molar-refractivity contribution in [2.75, 3.05) is 26.9 Å². The highest BCUT2D eigenvalue weighted by Crippen LogP contribution is 2.16. The van der Waals surface area contributed by atoms with Crippen LogP contribution in [0.4, 0.5) is 0 Å². The minimum absolute atomic E-state index is 0.0527. The van der Waals surface area contributed by atoms with Gasteiger partial charge < -0.3 is 14.4 Å². The third-order valence-corrected chi connectivity index (χ3v) is 3.77. The highest BCUT2D eigenvalue weighted by Gasteiger charge is 2.26. The number of benzene rings is 1. The number of hydrogen-bond donors (Lipinski definition) is 0. The van der Waals surface area contributed by atoms with Crippen LogP contribution in [0.25, 0.3) is 5.69 Å². The van der Waals surface area contributed by atoms with E-state index >= 15 is 0 Å². The van der Waals surface area contributed by atoms with Crippen molar-refractivity contribution in [1.82, 2.24) is 14.7 Å². The highest BCUT2D eigenvalue weighted by atomic mass is 16.5. The van der Waals surface area contributed by atoms with Gasteiger partial charge >= 0.3 is 0 Å². The van der Waals surface area contributed by atoms with Crippen molar-refractivity contribution < 1.29 is 14.3 Å². The van der Waals surface area contributed by atoms with Gasteiger partial charge in [0.1, 0.15) is 5.75 Å². The van der Waals surface area contributed by atoms with Gasteiger partial charge in [-0.25, -0.2) is 4.68 Å². The van der Waals surface area contributed by atoms with Crippen molar-refractivity contribution >= 4 is 5.91 Å². The molecule has 0 unspecified atom stereocenters. The Bertz CT molecular complexity index is 651. The summed E-state index contributed by atoms with van der Waals surface area (Å²) in [5, 5.41) is 4.39. The van der Waals surface area contributed by atoms with Crippen molar-refractivity contribution in [2.24, 2.45) is 0 Å². The third-order valence-electron chi connectivity index (χ3n) is 3.77. The predicted octanol–water partition coefficient (Wildman–Crippen LogP) is 1.74. The number of carbonyl (C=O) groups is 1. The largest absolute Gasteiger partial charge is 0.497 e. The molecule has 1 saturated heterocycles. The molecule has 0 spiro atoms. The van der Waals surface area contributed by atoms with E-state index in [1.807, 2.05) is 36.1 Å². The molecular weight excluding hydrogens is 282 g/mol. The van der Waals surface area contributed by atoms with Gasteiger partial charge in [-0.05, 0) is 37.3 Å². The van der Waals surface area contributed by atoms with Crippen molar-refractivity contribution in [3.8, 4) is 11.4 Å². The molecule has 1 aromatic heterocycles. The monoisotopic (exact) mass is 301 g/mol. The molecule has 0 N–H and O–H groups in total. The Morgan fingerprint density at radius 1 is 1.32 bits per heavy atom. The number of carbonyl (C=O) groups excluding carboxylic acids is 1. The molecule has 0 radical (unpaired) electrons. The zero-order valence-corrected chi connectivity index (χ0v) is 12.7. The van der Waals surface area contributed by atoms with Crippen molar-refractivity contribution in [1.29, 1.82) is 0 Å². The summed E-state index contributed by atoms with van der Waals surface area (Å²) in [6.07, 6.45) is 1.79. The first-order valence-corrected chi connectivity index (χ1v) is 7.28. The number of nitrogens with zero attached hydrogens (tertiary/aromatic N) is 3. The molecular formula is C16H19N3O3. The first-order valence-electron chi connectivity index (χ1n) is 7.28. The molecule has 0 bridgehead atoms. The Morgan fingerprint density at radius 3 is 2.77 bits per heavy atom. The Kier molecular flexibility index (Phi) is 4.11. The van der Waals surface area contributed by atoms with Gasteiger partial charge in [-0.15, -0.1) is 0 Å². The zero-order valence-electron chi connectivity index (χ0n) is 12.7. The van der Waals surface area contributed by atoms with Crippen LogP contribution >= 0.6 is 0 Å². The number of ether oxygens (including phenoxy) is 2. The lowest BCUT2D eigenvalue weighted by molar-refractivity contribution is 0.00325. The van der Waals surface area contributed by atoms with Crippen LogP contribution < -0.4 is 4.74 Å². The third kappa shape index (κ3) is 2.82. The first kappa shape index (κ1) is 14.6. The minimum Gasteiger partial charge on any atom is -0.497 e. The molecule has 2 heterocycles. The zero-order chi connectivity index (χ0) is 15.5. The van der Waals surface area contributed by atoms with E-state index < -0.39 is 0 Å². The standard InChI is InChI=1S/C16H19N3O3/c1-12-11-22-10-9-18(12)16(20)15-7-8-19(17-15)13-3-5-14(21-2)6-4-13/h3-8,12H,9-11H2,1-2H3/t12-/m0/s1. The lowest BCUT2D eigenvalue weighted by atomic mass is 10.2. The molecule has 1 amide bonds.